The molecule has 2 aromatic carbocycles. The predicted octanol–water partition coefficient (Wildman–Crippen LogP) is 4.06. The second-order valence-electron chi connectivity index (χ2n) is 9.63. The average Bonchev–Trinajstić information content (AvgIpc) is 3.64. The van der Waals surface area contributed by atoms with Gasteiger partial charge in [-0.3, -0.25) is 9.59 Å². The zero-order valence-corrected chi connectivity index (χ0v) is 19.0. The topological polar surface area (TPSA) is 105 Å². The van der Waals surface area contributed by atoms with Gasteiger partial charge in [0.2, 0.25) is 5.91 Å². The summed E-state index contributed by atoms with van der Waals surface area (Å²) in [4.78, 5) is 37.3. The Hall–Kier alpha value is -3.35. The molecule has 3 aliphatic rings. The van der Waals surface area contributed by atoms with Crippen LogP contribution in [0.3, 0.4) is 0 Å². The van der Waals surface area contributed by atoms with E-state index in [0.29, 0.717) is 12.8 Å². The molecule has 7 heteroatoms. The van der Waals surface area contributed by atoms with Gasteiger partial charge in [0.1, 0.15) is 12.6 Å². The summed E-state index contributed by atoms with van der Waals surface area (Å²) in [5.41, 5.74) is 4.57. The van der Waals surface area contributed by atoms with Crippen molar-refractivity contribution < 1.29 is 24.2 Å². The molecule has 0 radical (unpaired) electrons. The molecule has 0 spiro atoms. The Bertz CT molecular complexity index is 1050. The zero-order valence-electron chi connectivity index (χ0n) is 19.0. The SMILES string of the molecule is O=C(NC(C(=O)N[C@H]1CCCC[C@H]1C(=O)O)C1CC1)OCC1c2ccccc2-c2ccccc21. The molecule has 5 rings (SSSR count). The van der Waals surface area contributed by atoms with Crippen LogP contribution in [0.2, 0.25) is 0 Å². The van der Waals surface area contributed by atoms with E-state index in [0.717, 1.165) is 47.9 Å². The van der Waals surface area contributed by atoms with E-state index in [1.54, 1.807) is 0 Å². The van der Waals surface area contributed by atoms with Crippen LogP contribution in [0.1, 0.15) is 55.6 Å². The molecule has 2 fully saturated rings. The van der Waals surface area contributed by atoms with Crippen molar-refractivity contribution in [1.82, 2.24) is 10.6 Å². The first-order valence-electron chi connectivity index (χ1n) is 12.2. The molecule has 1 unspecified atom stereocenters. The minimum Gasteiger partial charge on any atom is -0.481 e. The van der Waals surface area contributed by atoms with Crippen molar-refractivity contribution in [2.45, 2.75) is 56.5 Å². The second-order valence-corrected chi connectivity index (χ2v) is 9.63. The number of carbonyl (C=O) groups is 3. The van der Waals surface area contributed by atoms with E-state index in [1.165, 1.54) is 0 Å². The summed E-state index contributed by atoms with van der Waals surface area (Å²) in [5.74, 6) is -1.75. The van der Waals surface area contributed by atoms with Gasteiger partial charge in [-0.15, -0.1) is 0 Å². The normalized spacial score (nSPS) is 22.2. The summed E-state index contributed by atoms with van der Waals surface area (Å²) in [6.07, 6.45) is 4.05. The summed E-state index contributed by atoms with van der Waals surface area (Å²) in [6.45, 7) is 0.183. The number of fused-ring (bicyclic) bond motifs is 3. The molecule has 3 aliphatic carbocycles. The number of aliphatic carboxylic acids is 1. The Balaban J connectivity index is 1.22. The lowest BCUT2D eigenvalue weighted by atomic mass is 9.84. The minimum atomic E-state index is -0.877. The number of ether oxygens (including phenoxy) is 1. The van der Waals surface area contributed by atoms with Crippen LogP contribution in [-0.2, 0) is 14.3 Å². The lowest BCUT2D eigenvalue weighted by Crippen LogP contribution is -2.54. The molecule has 178 valence electrons. The highest BCUT2D eigenvalue weighted by atomic mass is 16.5. The molecular formula is C27H30N2O5. The Labute approximate surface area is 198 Å². The van der Waals surface area contributed by atoms with Crippen molar-refractivity contribution in [2.75, 3.05) is 6.61 Å². The molecule has 3 atom stereocenters. The van der Waals surface area contributed by atoms with E-state index in [9.17, 15) is 19.5 Å². The van der Waals surface area contributed by atoms with Gasteiger partial charge in [0.25, 0.3) is 0 Å². The van der Waals surface area contributed by atoms with Crippen LogP contribution in [0, 0.1) is 11.8 Å². The fraction of sp³-hybridized carbons (Fsp3) is 0.444. The van der Waals surface area contributed by atoms with Crippen LogP contribution in [0.5, 0.6) is 0 Å². The highest BCUT2D eigenvalue weighted by molar-refractivity contribution is 5.87. The summed E-state index contributed by atoms with van der Waals surface area (Å²) in [5, 5.41) is 15.2. The van der Waals surface area contributed by atoms with E-state index in [1.807, 2.05) is 24.3 Å². The highest BCUT2D eigenvalue weighted by Crippen LogP contribution is 2.44. The maximum absolute atomic E-state index is 13.0. The van der Waals surface area contributed by atoms with E-state index in [4.69, 9.17) is 4.74 Å². The number of nitrogens with one attached hydrogen (secondary N) is 2. The number of rotatable bonds is 7. The Morgan fingerprint density at radius 3 is 2.15 bits per heavy atom. The number of hydrogen-bond donors (Lipinski definition) is 3. The van der Waals surface area contributed by atoms with Crippen molar-refractivity contribution in [1.29, 1.82) is 0 Å². The predicted molar refractivity (Wildman–Crippen MR) is 126 cm³/mol. The molecule has 0 aromatic heterocycles. The first-order chi connectivity index (χ1) is 16.5. The van der Waals surface area contributed by atoms with Gasteiger partial charge >= 0.3 is 12.1 Å². The van der Waals surface area contributed by atoms with Gasteiger partial charge in [0.05, 0.1) is 5.92 Å². The first kappa shape index (κ1) is 22.4. The smallest absolute Gasteiger partial charge is 0.407 e. The Morgan fingerprint density at radius 1 is 0.912 bits per heavy atom. The number of carboxylic acids is 1. The number of hydrogen-bond acceptors (Lipinski definition) is 4. The third-order valence-electron chi connectivity index (χ3n) is 7.40. The zero-order chi connectivity index (χ0) is 23.7. The number of benzene rings is 2. The lowest BCUT2D eigenvalue weighted by Gasteiger charge is -2.30. The molecule has 34 heavy (non-hydrogen) atoms. The Morgan fingerprint density at radius 2 is 1.53 bits per heavy atom. The molecule has 0 aliphatic heterocycles. The van der Waals surface area contributed by atoms with Gasteiger partial charge in [-0.25, -0.2) is 4.79 Å². The van der Waals surface area contributed by atoms with Gasteiger partial charge in [0, 0.05) is 12.0 Å². The summed E-state index contributed by atoms with van der Waals surface area (Å²) >= 11 is 0. The molecule has 7 nitrogen and oxygen atoms in total. The van der Waals surface area contributed by atoms with Gasteiger partial charge in [0.15, 0.2) is 0 Å². The van der Waals surface area contributed by atoms with Crippen LogP contribution in [0.15, 0.2) is 48.5 Å². The fourth-order valence-corrected chi connectivity index (χ4v) is 5.47. The highest BCUT2D eigenvalue weighted by Gasteiger charge is 2.40. The quantitative estimate of drug-likeness (QED) is 0.576. The maximum atomic E-state index is 13.0. The van der Waals surface area contributed by atoms with Crippen LogP contribution in [-0.4, -0.2) is 41.8 Å². The van der Waals surface area contributed by atoms with E-state index >= 15 is 0 Å². The standard InChI is InChI=1S/C27H30N2O5/c30-25(28-23-12-6-5-11-21(23)26(31)32)24(16-13-14-16)29-27(33)34-15-22-19-9-3-1-7-17(19)18-8-2-4-10-20(18)22/h1-4,7-10,16,21-24H,5-6,11-15H2,(H,28,30)(H,29,33)(H,31,32)/t21-,23+,24?/m1/s1. The average molecular weight is 463 g/mol. The first-order valence-corrected chi connectivity index (χ1v) is 12.2. The fourth-order valence-electron chi connectivity index (χ4n) is 5.47. The summed E-state index contributed by atoms with van der Waals surface area (Å²) < 4.78 is 5.62. The van der Waals surface area contributed by atoms with Crippen molar-refractivity contribution >= 4 is 18.0 Å². The number of alkyl carbamates (subject to hydrolysis) is 1. The van der Waals surface area contributed by atoms with Gasteiger partial charge in [-0.05, 0) is 53.9 Å². The van der Waals surface area contributed by atoms with E-state index < -0.39 is 30.1 Å². The van der Waals surface area contributed by atoms with Crippen molar-refractivity contribution in [3.8, 4) is 11.1 Å². The van der Waals surface area contributed by atoms with Crippen molar-refractivity contribution in [3.63, 3.8) is 0 Å². The van der Waals surface area contributed by atoms with Gasteiger partial charge in [-0.2, -0.15) is 0 Å². The maximum Gasteiger partial charge on any atom is 0.407 e. The van der Waals surface area contributed by atoms with Gasteiger partial charge < -0.3 is 20.5 Å². The molecule has 0 bridgehead atoms. The van der Waals surface area contributed by atoms with E-state index in [-0.39, 0.29) is 24.3 Å². The minimum absolute atomic E-state index is 0.0510. The largest absolute Gasteiger partial charge is 0.481 e. The molecule has 0 heterocycles. The molecule has 2 amide bonds. The van der Waals surface area contributed by atoms with Crippen LogP contribution >= 0.6 is 0 Å². The van der Waals surface area contributed by atoms with E-state index in [2.05, 4.69) is 34.9 Å². The molecule has 2 aromatic rings. The summed E-state index contributed by atoms with van der Waals surface area (Å²) in [7, 11) is 0. The lowest BCUT2D eigenvalue weighted by molar-refractivity contribution is -0.144. The molecule has 2 saturated carbocycles. The van der Waals surface area contributed by atoms with Crippen LogP contribution in [0.4, 0.5) is 4.79 Å². The van der Waals surface area contributed by atoms with Gasteiger partial charge in [-0.1, -0.05) is 61.4 Å². The molecular weight excluding hydrogens is 432 g/mol. The van der Waals surface area contributed by atoms with Crippen LogP contribution < -0.4 is 10.6 Å². The third-order valence-corrected chi connectivity index (χ3v) is 7.40. The Kier molecular flexibility index (Phi) is 6.26. The molecule has 3 N–H and O–H groups in total. The van der Waals surface area contributed by atoms with Crippen molar-refractivity contribution in [2.24, 2.45) is 11.8 Å². The number of carboxylic acid groups (broad SMARTS) is 1. The second kappa shape index (κ2) is 9.49. The summed E-state index contributed by atoms with van der Waals surface area (Å²) in [6, 6.07) is 15.2. The number of carbonyl (C=O) groups excluding carboxylic acids is 2. The number of amides is 2. The third kappa shape index (κ3) is 4.52. The van der Waals surface area contributed by atoms with Crippen molar-refractivity contribution in [3.05, 3.63) is 59.7 Å². The van der Waals surface area contributed by atoms with Crippen LogP contribution in [0.25, 0.3) is 11.1 Å². The molecule has 0 saturated heterocycles. The monoisotopic (exact) mass is 462 g/mol.